The van der Waals surface area contributed by atoms with E-state index in [1.165, 1.54) is 0 Å². The van der Waals surface area contributed by atoms with E-state index in [9.17, 15) is 4.79 Å². The molecule has 6 heteroatoms. The number of amides is 1. The van der Waals surface area contributed by atoms with Crippen LogP contribution in [0.25, 0.3) is 11.0 Å². The first-order chi connectivity index (χ1) is 11.6. The van der Waals surface area contributed by atoms with E-state index in [0.29, 0.717) is 17.3 Å². The minimum absolute atomic E-state index is 0.138. The van der Waals surface area contributed by atoms with Crippen molar-refractivity contribution in [2.75, 3.05) is 11.9 Å². The summed E-state index contributed by atoms with van der Waals surface area (Å²) < 4.78 is 7.52. The average molecular weight is 342 g/mol. The van der Waals surface area contributed by atoms with Crippen LogP contribution in [0.5, 0.6) is 5.75 Å². The molecule has 0 unspecified atom stereocenters. The summed E-state index contributed by atoms with van der Waals surface area (Å²) >= 11 is 6.14. The highest BCUT2D eigenvalue weighted by atomic mass is 35.5. The van der Waals surface area contributed by atoms with Gasteiger partial charge in [-0.3, -0.25) is 4.79 Å². The number of imidazole rings is 1. The number of para-hydroxylation sites is 2. The van der Waals surface area contributed by atoms with Crippen LogP contribution in [-0.4, -0.2) is 22.1 Å². The first-order valence-electron chi connectivity index (χ1n) is 7.79. The minimum Gasteiger partial charge on any atom is -0.491 e. The van der Waals surface area contributed by atoms with Gasteiger partial charge in [-0.1, -0.05) is 23.7 Å². The molecule has 1 aliphatic heterocycles. The fourth-order valence-electron chi connectivity index (χ4n) is 3.09. The van der Waals surface area contributed by atoms with Crippen LogP contribution < -0.4 is 10.1 Å². The molecule has 0 saturated heterocycles. The molecule has 0 atom stereocenters. The molecule has 2 aromatic carbocycles. The largest absolute Gasteiger partial charge is 0.491 e. The third-order valence-electron chi connectivity index (χ3n) is 4.17. The van der Waals surface area contributed by atoms with Gasteiger partial charge >= 0.3 is 0 Å². The highest BCUT2D eigenvalue weighted by molar-refractivity contribution is 6.31. The molecule has 0 spiro atoms. The minimum atomic E-state index is -0.138. The third-order valence-corrected chi connectivity index (χ3v) is 4.39. The van der Waals surface area contributed by atoms with Crippen molar-refractivity contribution >= 4 is 34.2 Å². The Morgan fingerprint density at radius 3 is 3.08 bits per heavy atom. The van der Waals surface area contributed by atoms with E-state index in [-0.39, 0.29) is 12.5 Å². The van der Waals surface area contributed by atoms with E-state index < -0.39 is 0 Å². The Kier molecular flexibility index (Phi) is 3.65. The van der Waals surface area contributed by atoms with Crippen LogP contribution in [0, 0.1) is 6.92 Å². The van der Waals surface area contributed by atoms with Crippen molar-refractivity contribution in [2.24, 2.45) is 0 Å². The lowest BCUT2D eigenvalue weighted by molar-refractivity contribution is -0.116. The summed E-state index contributed by atoms with van der Waals surface area (Å²) in [6, 6.07) is 11.4. The maximum Gasteiger partial charge on any atom is 0.244 e. The molecule has 1 aliphatic rings. The lowest BCUT2D eigenvalue weighted by Gasteiger charge is -2.12. The molecular formula is C18H16ClN3O2. The fraction of sp³-hybridized carbons (Fsp3) is 0.222. The molecule has 1 N–H and O–H groups in total. The van der Waals surface area contributed by atoms with Crippen molar-refractivity contribution in [3.05, 3.63) is 52.8 Å². The zero-order chi connectivity index (χ0) is 16.7. The number of hydrogen-bond acceptors (Lipinski definition) is 3. The summed E-state index contributed by atoms with van der Waals surface area (Å²) in [5.41, 5.74) is 3.48. The number of halogens is 1. The molecule has 1 amide bonds. The number of rotatable bonds is 3. The van der Waals surface area contributed by atoms with Crippen LogP contribution in [-0.2, 0) is 17.8 Å². The smallest absolute Gasteiger partial charge is 0.244 e. The van der Waals surface area contributed by atoms with Crippen molar-refractivity contribution in [1.82, 2.24) is 9.55 Å². The molecule has 0 aliphatic carbocycles. The Morgan fingerprint density at radius 1 is 1.38 bits per heavy atom. The second kappa shape index (κ2) is 5.83. The Hall–Kier alpha value is -2.53. The van der Waals surface area contributed by atoms with Gasteiger partial charge in [0, 0.05) is 17.0 Å². The van der Waals surface area contributed by atoms with E-state index in [4.69, 9.17) is 16.3 Å². The molecule has 1 aromatic heterocycles. The van der Waals surface area contributed by atoms with Gasteiger partial charge in [-0.25, -0.2) is 4.98 Å². The van der Waals surface area contributed by atoms with Gasteiger partial charge in [-0.2, -0.15) is 0 Å². The number of fused-ring (bicyclic) bond motifs is 2. The first-order valence-corrected chi connectivity index (χ1v) is 8.16. The number of nitrogens with zero attached hydrogens (tertiary/aromatic N) is 2. The maximum atomic E-state index is 12.5. The molecule has 24 heavy (non-hydrogen) atoms. The Labute approximate surface area is 144 Å². The third kappa shape index (κ3) is 2.61. The molecule has 4 rings (SSSR count). The van der Waals surface area contributed by atoms with Crippen molar-refractivity contribution in [2.45, 2.75) is 19.9 Å². The van der Waals surface area contributed by atoms with Gasteiger partial charge in [0.2, 0.25) is 5.91 Å². The van der Waals surface area contributed by atoms with Gasteiger partial charge in [0.25, 0.3) is 0 Å². The topological polar surface area (TPSA) is 56.2 Å². The molecule has 0 fully saturated rings. The van der Waals surface area contributed by atoms with E-state index in [1.54, 1.807) is 6.07 Å². The van der Waals surface area contributed by atoms with Crippen molar-refractivity contribution in [1.29, 1.82) is 0 Å². The van der Waals surface area contributed by atoms with Crippen LogP contribution in [0.15, 0.2) is 36.4 Å². The van der Waals surface area contributed by atoms with Crippen LogP contribution in [0.3, 0.4) is 0 Å². The Morgan fingerprint density at radius 2 is 2.21 bits per heavy atom. The van der Waals surface area contributed by atoms with E-state index in [1.807, 2.05) is 41.8 Å². The summed E-state index contributed by atoms with van der Waals surface area (Å²) in [6.45, 7) is 2.70. The lowest BCUT2D eigenvalue weighted by atomic mass is 10.1. The van der Waals surface area contributed by atoms with Gasteiger partial charge in [0.15, 0.2) is 0 Å². The summed E-state index contributed by atoms with van der Waals surface area (Å²) in [7, 11) is 0. The molecular weight excluding hydrogens is 326 g/mol. The molecule has 122 valence electrons. The number of carbonyl (C=O) groups excluding carboxylic acids is 1. The van der Waals surface area contributed by atoms with Gasteiger partial charge in [0.05, 0.1) is 23.3 Å². The Bertz CT molecular complexity index is 949. The van der Waals surface area contributed by atoms with Crippen LogP contribution in [0.4, 0.5) is 5.69 Å². The lowest BCUT2D eigenvalue weighted by Crippen LogP contribution is -2.19. The van der Waals surface area contributed by atoms with Gasteiger partial charge < -0.3 is 14.6 Å². The quantitative estimate of drug-likeness (QED) is 0.792. The second-order valence-electron chi connectivity index (χ2n) is 5.82. The monoisotopic (exact) mass is 341 g/mol. The Balaban J connectivity index is 1.61. The molecule has 0 saturated carbocycles. The number of ether oxygens (including phenoxy) is 1. The van der Waals surface area contributed by atoms with E-state index in [2.05, 4.69) is 10.3 Å². The number of hydrogen-bond donors (Lipinski definition) is 1. The zero-order valence-corrected chi connectivity index (χ0v) is 13.9. The fourth-order valence-corrected chi connectivity index (χ4v) is 3.33. The average Bonchev–Trinajstić information content (AvgIpc) is 3.12. The number of carbonyl (C=O) groups is 1. The standard InChI is InChI=1S/C18H16ClN3O2/c1-11-20-14-4-2-3-5-16(14)22(11)10-17(23)21-15-9-13(19)8-12-6-7-24-18(12)15/h2-5,8-9H,6-7,10H2,1H3,(H,21,23). The van der Waals surface area contributed by atoms with Gasteiger partial charge in [-0.15, -0.1) is 0 Å². The van der Waals surface area contributed by atoms with Crippen LogP contribution in [0.1, 0.15) is 11.4 Å². The normalized spacial score (nSPS) is 12.9. The van der Waals surface area contributed by atoms with Gasteiger partial charge in [-0.05, 0) is 31.2 Å². The highest BCUT2D eigenvalue weighted by Gasteiger charge is 2.19. The zero-order valence-electron chi connectivity index (χ0n) is 13.2. The molecule has 3 aromatic rings. The second-order valence-corrected chi connectivity index (χ2v) is 6.26. The van der Waals surface area contributed by atoms with Crippen LogP contribution in [0.2, 0.25) is 5.02 Å². The van der Waals surface area contributed by atoms with Gasteiger partial charge in [0.1, 0.15) is 18.1 Å². The molecule has 0 radical (unpaired) electrons. The summed E-state index contributed by atoms with van der Waals surface area (Å²) in [5.74, 6) is 1.39. The predicted octanol–water partition coefficient (Wildman–Crippen LogP) is 3.57. The summed E-state index contributed by atoms with van der Waals surface area (Å²) in [6.07, 6.45) is 0.810. The maximum absolute atomic E-state index is 12.5. The first kappa shape index (κ1) is 15.0. The molecule has 2 heterocycles. The van der Waals surface area contributed by atoms with Crippen molar-refractivity contribution in [3.63, 3.8) is 0 Å². The number of anilines is 1. The van der Waals surface area contributed by atoms with Crippen molar-refractivity contribution < 1.29 is 9.53 Å². The summed E-state index contributed by atoms with van der Waals surface area (Å²) in [4.78, 5) is 17.0. The van der Waals surface area contributed by atoms with Crippen LogP contribution >= 0.6 is 11.6 Å². The number of aromatic nitrogens is 2. The number of benzene rings is 2. The number of nitrogens with one attached hydrogen (secondary N) is 1. The predicted molar refractivity (Wildman–Crippen MR) is 93.8 cm³/mol. The molecule has 0 bridgehead atoms. The van der Waals surface area contributed by atoms with E-state index >= 15 is 0 Å². The molecule has 5 nitrogen and oxygen atoms in total. The van der Waals surface area contributed by atoms with E-state index in [0.717, 1.165) is 34.6 Å². The highest BCUT2D eigenvalue weighted by Crippen LogP contribution is 2.36. The SMILES string of the molecule is Cc1nc2ccccc2n1CC(=O)Nc1cc(Cl)cc2c1OCC2. The van der Waals surface area contributed by atoms with Crippen molar-refractivity contribution in [3.8, 4) is 5.75 Å². The summed E-state index contributed by atoms with van der Waals surface area (Å²) in [5, 5.41) is 3.51. The number of aryl methyl sites for hydroxylation is 1.